The van der Waals surface area contributed by atoms with Crippen LogP contribution in [0, 0.1) is 5.92 Å². The summed E-state index contributed by atoms with van der Waals surface area (Å²) in [6, 6.07) is 0. The molecule has 24 heavy (non-hydrogen) atoms. The normalized spacial score (nSPS) is 22.5. The van der Waals surface area contributed by atoms with E-state index >= 15 is 0 Å². The van der Waals surface area contributed by atoms with Gasteiger partial charge >= 0.3 is 5.97 Å². The maximum Gasteiger partial charge on any atom is 0.310 e. The number of hydrazine groups is 1. The molecule has 2 heterocycles. The van der Waals surface area contributed by atoms with Gasteiger partial charge in [-0.1, -0.05) is 0 Å². The summed E-state index contributed by atoms with van der Waals surface area (Å²) in [5.74, 6) is -0.483. The van der Waals surface area contributed by atoms with Crippen LogP contribution < -0.4 is 21.2 Å². The molecule has 1 aromatic carbocycles. The molecule has 0 spiro atoms. The van der Waals surface area contributed by atoms with Gasteiger partial charge in [-0.2, -0.15) is 0 Å². The number of ether oxygens (including phenoxy) is 2. The average Bonchev–Trinajstić information content (AvgIpc) is 2.62. The summed E-state index contributed by atoms with van der Waals surface area (Å²) in [5, 5.41) is 1.88. The Morgan fingerprint density at radius 1 is 1.25 bits per heavy atom. The van der Waals surface area contributed by atoms with Crippen molar-refractivity contribution < 1.29 is 14.3 Å². The van der Waals surface area contributed by atoms with Crippen LogP contribution in [0.15, 0.2) is 9.59 Å². The zero-order valence-electron chi connectivity index (χ0n) is 13.9. The molecule has 1 atom stereocenters. The number of carbonyl (C=O) groups excluding carboxylic acids is 1. The molecule has 0 unspecified atom stereocenters. The Kier molecular flexibility index (Phi) is 5.15. The molecule has 1 N–H and O–H groups in total. The fourth-order valence-corrected chi connectivity index (χ4v) is 3.25. The summed E-state index contributed by atoms with van der Waals surface area (Å²) in [4.78, 5) is 37.8. The van der Waals surface area contributed by atoms with Crippen LogP contribution in [0.2, 0.25) is 0 Å². The second kappa shape index (κ2) is 7.31. The van der Waals surface area contributed by atoms with Crippen LogP contribution in [-0.4, -0.2) is 57.0 Å². The summed E-state index contributed by atoms with van der Waals surface area (Å²) in [7, 11) is 0. The molecular formula is C16H23N3O5. The minimum Gasteiger partial charge on any atom is -0.466 e. The second-order valence-electron chi connectivity index (χ2n) is 6.13. The number of anilines is 2. The molecule has 2 aliphatic rings. The Bertz CT molecular complexity index is 661. The monoisotopic (exact) mass is 337 g/mol. The standard InChI is InChI=1S/C16H23N3O5/c1-2-24-16(22)11-4-3-5-18(10-11)13-12(14(20)15(13)21)17-19-6-8-23-9-7-19/h11,17H,2-10H2,1H3/t11-/m0/s1. The van der Waals surface area contributed by atoms with Gasteiger partial charge in [0.25, 0.3) is 10.9 Å². The fraction of sp³-hybridized carbons (Fsp3) is 0.688. The first-order valence-electron chi connectivity index (χ1n) is 8.46. The molecule has 8 nitrogen and oxygen atoms in total. The Morgan fingerprint density at radius 2 is 2.00 bits per heavy atom. The van der Waals surface area contributed by atoms with Crippen molar-refractivity contribution >= 4 is 17.3 Å². The summed E-state index contributed by atoms with van der Waals surface area (Å²) >= 11 is 0. The van der Waals surface area contributed by atoms with Crippen molar-refractivity contribution in [1.29, 1.82) is 0 Å². The van der Waals surface area contributed by atoms with Crippen molar-refractivity contribution in [2.75, 3.05) is 56.3 Å². The Hall–Kier alpha value is -1.93. The van der Waals surface area contributed by atoms with Gasteiger partial charge in [-0.05, 0) is 19.8 Å². The van der Waals surface area contributed by atoms with Crippen LogP contribution in [0.4, 0.5) is 11.4 Å². The van der Waals surface area contributed by atoms with Gasteiger partial charge in [0.2, 0.25) is 0 Å². The largest absolute Gasteiger partial charge is 0.466 e. The number of esters is 1. The average molecular weight is 337 g/mol. The van der Waals surface area contributed by atoms with Gasteiger partial charge in [0.15, 0.2) is 0 Å². The van der Waals surface area contributed by atoms with Crippen molar-refractivity contribution in [1.82, 2.24) is 5.01 Å². The number of rotatable bonds is 5. The molecule has 0 bridgehead atoms. The van der Waals surface area contributed by atoms with E-state index in [0.29, 0.717) is 57.4 Å². The van der Waals surface area contributed by atoms with E-state index in [9.17, 15) is 14.4 Å². The van der Waals surface area contributed by atoms with E-state index in [4.69, 9.17) is 9.47 Å². The molecule has 3 rings (SSSR count). The van der Waals surface area contributed by atoms with Gasteiger partial charge in [0.05, 0.1) is 25.7 Å². The first-order chi connectivity index (χ1) is 11.6. The minimum atomic E-state index is -0.491. The molecule has 1 aromatic rings. The molecular weight excluding hydrogens is 314 g/mol. The van der Waals surface area contributed by atoms with E-state index in [1.807, 2.05) is 9.91 Å². The summed E-state index contributed by atoms with van der Waals surface area (Å²) in [6.07, 6.45) is 1.54. The third-order valence-corrected chi connectivity index (χ3v) is 4.52. The van der Waals surface area contributed by atoms with Gasteiger partial charge in [0.1, 0.15) is 11.4 Å². The highest BCUT2D eigenvalue weighted by Crippen LogP contribution is 2.27. The Labute approximate surface area is 140 Å². The predicted octanol–water partition coefficient (Wildman–Crippen LogP) is -0.279. The quantitative estimate of drug-likeness (QED) is 0.580. The van der Waals surface area contributed by atoms with E-state index < -0.39 is 10.9 Å². The third-order valence-electron chi connectivity index (χ3n) is 4.52. The van der Waals surface area contributed by atoms with Gasteiger partial charge in [-0.15, -0.1) is 0 Å². The van der Waals surface area contributed by atoms with E-state index in [1.165, 1.54) is 0 Å². The molecule has 0 radical (unpaired) electrons. The maximum absolute atomic E-state index is 12.1. The van der Waals surface area contributed by atoms with Crippen molar-refractivity contribution in [3.63, 3.8) is 0 Å². The maximum atomic E-state index is 12.1. The Balaban J connectivity index is 1.72. The van der Waals surface area contributed by atoms with Crippen LogP contribution in [-0.2, 0) is 14.3 Å². The van der Waals surface area contributed by atoms with E-state index in [1.54, 1.807) is 6.92 Å². The molecule has 2 aliphatic heterocycles. The highest BCUT2D eigenvalue weighted by molar-refractivity contribution is 5.77. The van der Waals surface area contributed by atoms with E-state index in [0.717, 1.165) is 12.8 Å². The number of hydrogen-bond donors (Lipinski definition) is 1. The summed E-state index contributed by atoms with van der Waals surface area (Å²) in [6.45, 7) is 5.70. The SMILES string of the molecule is CCOC(=O)[C@H]1CCCN(c2c(NN3CCOCC3)c(=O)c2=O)C1. The highest BCUT2D eigenvalue weighted by Gasteiger charge is 2.33. The second-order valence-corrected chi connectivity index (χ2v) is 6.13. The number of hydrogen-bond acceptors (Lipinski definition) is 8. The Morgan fingerprint density at radius 3 is 2.71 bits per heavy atom. The first kappa shape index (κ1) is 16.9. The molecule has 8 heteroatoms. The van der Waals surface area contributed by atoms with Crippen LogP contribution in [0.25, 0.3) is 0 Å². The van der Waals surface area contributed by atoms with Gasteiger partial charge in [-0.25, -0.2) is 5.01 Å². The van der Waals surface area contributed by atoms with Gasteiger partial charge in [-0.3, -0.25) is 14.4 Å². The predicted molar refractivity (Wildman–Crippen MR) is 88.9 cm³/mol. The smallest absolute Gasteiger partial charge is 0.310 e. The number of nitrogens with one attached hydrogen (secondary N) is 1. The lowest BCUT2D eigenvalue weighted by molar-refractivity contribution is -0.148. The molecule has 2 fully saturated rings. The lowest BCUT2D eigenvalue weighted by Crippen LogP contribution is -2.50. The van der Waals surface area contributed by atoms with Gasteiger partial charge < -0.3 is 19.8 Å². The van der Waals surface area contributed by atoms with E-state index in [2.05, 4.69) is 5.43 Å². The minimum absolute atomic E-state index is 0.233. The number of piperidine rings is 1. The van der Waals surface area contributed by atoms with E-state index in [-0.39, 0.29) is 11.9 Å². The van der Waals surface area contributed by atoms with Crippen LogP contribution in [0.3, 0.4) is 0 Å². The molecule has 2 saturated heterocycles. The third kappa shape index (κ3) is 3.29. The zero-order chi connectivity index (χ0) is 17.1. The van der Waals surface area contributed by atoms with Crippen molar-refractivity contribution in [2.45, 2.75) is 19.8 Å². The lowest BCUT2D eigenvalue weighted by atomic mass is 9.96. The summed E-state index contributed by atoms with van der Waals surface area (Å²) < 4.78 is 10.4. The molecule has 0 amide bonds. The number of morpholine rings is 1. The molecule has 0 aliphatic carbocycles. The first-order valence-corrected chi connectivity index (χ1v) is 8.46. The number of carbonyl (C=O) groups is 1. The molecule has 132 valence electrons. The van der Waals surface area contributed by atoms with Crippen molar-refractivity contribution in [3.8, 4) is 0 Å². The van der Waals surface area contributed by atoms with Gasteiger partial charge in [0, 0.05) is 26.2 Å². The zero-order valence-corrected chi connectivity index (χ0v) is 13.9. The lowest BCUT2D eigenvalue weighted by Gasteiger charge is -2.36. The van der Waals surface area contributed by atoms with Crippen molar-refractivity contribution in [3.05, 3.63) is 20.4 Å². The van der Waals surface area contributed by atoms with Crippen LogP contribution in [0.1, 0.15) is 19.8 Å². The van der Waals surface area contributed by atoms with Crippen LogP contribution in [0.5, 0.6) is 0 Å². The summed E-state index contributed by atoms with van der Waals surface area (Å²) in [5.41, 5.74) is 2.83. The molecule has 0 aromatic heterocycles. The topological polar surface area (TPSA) is 88.2 Å². The molecule has 0 saturated carbocycles. The number of nitrogens with zero attached hydrogens (tertiary/aromatic N) is 2. The van der Waals surface area contributed by atoms with Crippen molar-refractivity contribution in [2.24, 2.45) is 5.92 Å². The van der Waals surface area contributed by atoms with Crippen LogP contribution >= 0.6 is 0 Å². The fourth-order valence-electron chi connectivity index (χ4n) is 3.25. The highest BCUT2D eigenvalue weighted by atomic mass is 16.5.